The number of phenols is 1. The number of hydrogen-bond donors (Lipinski definition) is 4. The van der Waals surface area contributed by atoms with Crippen LogP contribution in [0.2, 0.25) is 0 Å². The van der Waals surface area contributed by atoms with Gasteiger partial charge in [-0.15, -0.1) is 0 Å². The average molecular weight is 414 g/mol. The molecule has 1 atom stereocenters. The van der Waals surface area contributed by atoms with Gasteiger partial charge in [0.1, 0.15) is 0 Å². The van der Waals surface area contributed by atoms with E-state index >= 15 is 0 Å². The van der Waals surface area contributed by atoms with E-state index in [9.17, 15) is 5.11 Å². The number of phenolic OH excluding ortho intramolecular Hbond substituents is 1. The van der Waals surface area contributed by atoms with Crippen molar-refractivity contribution < 1.29 is 9.84 Å². The van der Waals surface area contributed by atoms with Gasteiger partial charge in [0.25, 0.3) is 0 Å². The fourth-order valence-corrected chi connectivity index (χ4v) is 3.37. The summed E-state index contributed by atoms with van der Waals surface area (Å²) in [7, 11) is 1.53. The lowest BCUT2D eigenvalue weighted by Crippen LogP contribution is -2.26. The topological polar surface area (TPSA) is 123 Å². The number of ether oxygens (including phenoxy) is 1. The first kappa shape index (κ1) is 21.6. The highest BCUT2D eigenvalue weighted by atomic mass is 16.5. The molecule has 0 aliphatic rings. The van der Waals surface area contributed by atoms with E-state index in [4.69, 9.17) is 15.5 Å². The quantitative estimate of drug-likeness (QED) is 0.399. The Bertz CT molecular complexity index is 983. The van der Waals surface area contributed by atoms with Gasteiger partial charge < -0.3 is 30.8 Å². The Morgan fingerprint density at radius 3 is 2.63 bits per heavy atom. The van der Waals surface area contributed by atoms with Gasteiger partial charge in [-0.3, -0.25) is 0 Å². The van der Waals surface area contributed by atoms with Gasteiger partial charge in [0.05, 0.1) is 13.4 Å². The van der Waals surface area contributed by atoms with Crippen LogP contribution in [0.5, 0.6) is 11.5 Å². The standard InChI is InChI=1S/C21H31N7O2/c1-5-15(6-2)28-12-25-17-19(26-21(27-20(17)28)24-10-13(3)22)23-11-14-8-7-9-16(30-4)18(14)29/h7-9,12-13,15,29H,5-6,10-11,22H2,1-4H3,(H2,23,24,26,27). The molecule has 0 amide bonds. The third-order valence-corrected chi connectivity index (χ3v) is 5.09. The van der Waals surface area contributed by atoms with E-state index in [1.54, 1.807) is 6.07 Å². The van der Waals surface area contributed by atoms with E-state index in [0.717, 1.165) is 18.5 Å². The molecule has 2 heterocycles. The number of para-hydroxylation sites is 1. The van der Waals surface area contributed by atoms with Crippen LogP contribution in [0, 0.1) is 0 Å². The van der Waals surface area contributed by atoms with E-state index in [-0.39, 0.29) is 11.8 Å². The summed E-state index contributed by atoms with van der Waals surface area (Å²) in [5, 5.41) is 16.9. The molecule has 1 unspecified atom stereocenters. The third-order valence-electron chi connectivity index (χ3n) is 5.09. The molecule has 5 N–H and O–H groups in total. The summed E-state index contributed by atoms with van der Waals surface area (Å²) >= 11 is 0. The number of imidazole rings is 1. The maximum atomic E-state index is 10.4. The Morgan fingerprint density at radius 1 is 1.20 bits per heavy atom. The molecule has 30 heavy (non-hydrogen) atoms. The average Bonchev–Trinajstić information content (AvgIpc) is 3.16. The minimum atomic E-state index is -0.0293. The first-order valence-corrected chi connectivity index (χ1v) is 10.3. The van der Waals surface area contributed by atoms with Crippen molar-refractivity contribution in [2.24, 2.45) is 5.73 Å². The summed E-state index contributed by atoms with van der Waals surface area (Å²) in [6, 6.07) is 5.67. The summed E-state index contributed by atoms with van der Waals surface area (Å²) in [6.07, 6.45) is 3.78. The van der Waals surface area contributed by atoms with Gasteiger partial charge >= 0.3 is 0 Å². The molecule has 2 aromatic heterocycles. The zero-order chi connectivity index (χ0) is 21.7. The Kier molecular flexibility index (Phi) is 6.94. The van der Waals surface area contributed by atoms with Crippen molar-refractivity contribution in [2.75, 3.05) is 24.3 Å². The summed E-state index contributed by atoms with van der Waals surface area (Å²) in [6.45, 7) is 7.15. The van der Waals surface area contributed by atoms with Gasteiger partial charge in [-0.05, 0) is 25.8 Å². The SMILES string of the molecule is CCC(CC)n1cnc2c(NCc3cccc(OC)c3O)nc(NCC(C)N)nc21. The summed E-state index contributed by atoms with van der Waals surface area (Å²) in [4.78, 5) is 13.9. The Morgan fingerprint density at radius 2 is 1.97 bits per heavy atom. The highest BCUT2D eigenvalue weighted by Crippen LogP contribution is 2.31. The van der Waals surface area contributed by atoms with Crippen LogP contribution in [0.25, 0.3) is 11.2 Å². The van der Waals surface area contributed by atoms with Crippen LogP contribution in [0.1, 0.15) is 45.2 Å². The molecular weight excluding hydrogens is 382 g/mol. The molecule has 1 aromatic carbocycles. The van der Waals surface area contributed by atoms with E-state index in [1.807, 2.05) is 25.4 Å². The smallest absolute Gasteiger partial charge is 0.226 e. The Balaban J connectivity index is 1.97. The number of hydrogen-bond acceptors (Lipinski definition) is 8. The molecule has 9 nitrogen and oxygen atoms in total. The lowest BCUT2D eigenvalue weighted by atomic mass is 10.2. The number of anilines is 2. The molecular formula is C21H31N7O2. The molecule has 3 rings (SSSR count). The van der Waals surface area contributed by atoms with Crippen LogP contribution < -0.4 is 21.1 Å². The molecule has 0 spiro atoms. The molecule has 0 aliphatic carbocycles. The van der Waals surface area contributed by atoms with Crippen LogP contribution in [0.4, 0.5) is 11.8 Å². The van der Waals surface area contributed by atoms with Crippen LogP contribution in [-0.4, -0.2) is 44.3 Å². The van der Waals surface area contributed by atoms with Gasteiger partial charge in [-0.2, -0.15) is 9.97 Å². The number of methoxy groups -OCH3 is 1. The number of rotatable bonds is 10. The lowest BCUT2D eigenvalue weighted by Gasteiger charge is -2.16. The van der Waals surface area contributed by atoms with Crippen LogP contribution in [0.15, 0.2) is 24.5 Å². The minimum Gasteiger partial charge on any atom is -0.504 e. The molecule has 0 radical (unpaired) electrons. The van der Waals surface area contributed by atoms with Crippen LogP contribution >= 0.6 is 0 Å². The minimum absolute atomic E-state index is 0.0293. The first-order chi connectivity index (χ1) is 14.5. The molecule has 0 fully saturated rings. The van der Waals surface area contributed by atoms with E-state index in [1.165, 1.54) is 7.11 Å². The van der Waals surface area contributed by atoms with Crippen molar-refractivity contribution in [2.45, 2.75) is 52.2 Å². The number of nitrogens with two attached hydrogens (primary N) is 1. The molecule has 0 bridgehead atoms. The monoisotopic (exact) mass is 413 g/mol. The van der Waals surface area contributed by atoms with Crippen molar-refractivity contribution in [1.82, 2.24) is 19.5 Å². The summed E-state index contributed by atoms with van der Waals surface area (Å²) in [5.74, 6) is 1.62. The fourth-order valence-electron chi connectivity index (χ4n) is 3.37. The van der Waals surface area contributed by atoms with Crippen molar-refractivity contribution in [1.29, 1.82) is 0 Å². The van der Waals surface area contributed by atoms with Crippen molar-refractivity contribution in [3.63, 3.8) is 0 Å². The first-order valence-electron chi connectivity index (χ1n) is 10.3. The van der Waals surface area contributed by atoms with Gasteiger partial charge in [0.15, 0.2) is 28.5 Å². The number of nitrogens with zero attached hydrogens (tertiary/aromatic N) is 4. The molecule has 0 aliphatic heterocycles. The van der Waals surface area contributed by atoms with Crippen LogP contribution in [0.3, 0.4) is 0 Å². The molecule has 0 saturated heterocycles. The number of aromatic hydroxyl groups is 1. The second-order valence-electron chi connectivity index (χ2n) is 7.37. The predicted octanol–water partition coefficient (Wildman–Crippen LogP) is 3.27. The van der Waals surface area contributed by atoms with E-state index in [2.05, 4.69) is 39.0 Å². The number of aromatic nitrogens is 4. The molecule has 9 heteroatoms. The molecule has 162 valence electrons. The lowest BCUT2D eigenvalue weighted by molar-refractivity contribution is 0.371. The number of benzene rings is 1. The summed E-state index contributed by atoms with van der Waals surface area (Å²) < 4.78 is 7.29. The Labute approximate surface area is 176 Å². The highest BCUT2D eigenvalue weighted by molar-refractivity contribution is 5.84. The zero-order valence-electron chi connectivity index (χ0n) is 18.0. The number of nitrogens with one attached hydrogen (secondary N) is 2. The van der Waals surface area contributed by atoms with Crippen molar-refractivity contribution >= 4 is 22.9 Å². The second kappa shape index (κ2) is 9.62. The summed E-state index contributed by atoms with van der Waals surface area (Å²) in [5.41, 5.74) is 8.04. The largest absolute Gasteiger partial charge is 0.504 e. The Hall–Kier alpha value is -3.07. The van der Waals surface area contributed by atoms with E-state index < -0.39 is 0 Å². The molecule has 0 saturated carbocycles. The maximum Gasteiger partial charge on any atom is 0.226 e. The van der Waals surface area contributed by atoms with E-state index in [0.29, 0.717) is 47.7 Å². The second-order valence-corrected chi connectivity index (χ2v) is 7.37. The highest BCUT2D eigenvalue weighted by Gasteiger charge is 2.18. The van der Waals surface area contributed by atoms with Crippen molar-refractivity contribution in [3.05, 3.63) is 30.1 Å². The normalized spacial score (nSPS) is 12.3. The zero-order valence-corrected chi connectivity index (χ0v) is 18.0. The van der Waals surface area contributed by atoms with Crippen LogP contribution in [-0.2, 0) is 6.54 Å². The fraction of sp³-hybridized carbons (Fsp3) is 0.476. The third kappa shape index (κ3) is 4.56. The van der Waals surface area contributed by atoms with Crippen molar-refractivity contribution in [3.8, 4) is 11.5 Å². The molecule has 3 aromatic rings. The van der Waals surface area contributed by atoms with Gasteiger partial charge in [-0.25, -0.2) is 4.98 Å². The van der Waals surface area contributed by atoms with Gasteiger partial charge in [-0.1, -0.05) is 26.0 Å². The predicted molar refractivity (Wildman–Crippen MR) is 119 cm³/mol. The maximum absolute atomic E-state index is 10.4. The van der Waals surface area contributed by atoms with Gasteiger partial charge in [0.2, 0.25) is 5.95 Å². The van der Waals surface area contributed by atoms with Gasteiger partial charge in [0, 0.05) is 30.7 Å². The number of fused-ring (bicyclic) bond motifs is 1.